The number of thiazole rings is 1. The van der Waals surface area contributed by atoms with E-state index in [4.69, 9.17) is 0 Å². The third-order valence-electron chi connectivity index (χ3n) is 4.44. The molecule has 2 N–H and O–H groups in total. The highest BCUT2D eigenvalue weighted by atomic mass is 32.1. The first-order valence-corrected chi connectivity index (χ1v) is 9.34. The van der Waals surface area contributed by atoms with Gasteiger partial charge in [0.2, 0.25) is 0 Å². The van der Waals surface area contributed by atoms with Crippen molar-refractivity contribution in [3.8, 4) is 0 Å². The number of nitrogens with zero attached hydrogens (tertiary/aromatic N) is 2. The molecule has 1 aromatic carbocycles. The van der Waals surface area contributed by atoms with Crippen molar-refractivity contribution in [2.24, 2.45) is 0 Å². The van der Waals surface area contributed by atoms with E-state index < -0.39 is 0 Å². The fraction of sp³-hybridized carbons (Fsp3) is 0.444. The maximum Gasteiger partial charge on any atom is 0.318 e. The lowest BCUT2D eigenvalue weighted by Gasteiger charge is -2.36. The number of aryl methyl sites for hydroxylation is 1. The number of hydrogen-bond acceptors (Lipinski definition) is 4. The Kier molecular flexibility index (Phi) is 5.82. The minimum atomic E-state index is -0.0850. The van der Waals surface area contributed by atoms with E-state index in [-0.39, 0.29) is 18.7 Å². The number of urea groups is 1. The monoisotopic (exact) mass is 345 g/mol. The summed E-state index contributed by atoms with van der Waals surface area (Å²) in [6, 6.07) is 8.36. The molecule has 6 heteroatoms. The van der Waals surface area contributed by atoms with Gasteiger partial charge < -0.3 is 15.3 Å². The molecule has 0 spiro atoms. The van der Waals surface area contributed by atoms with E-state index in [1.807, 2.05) is 16.3 Å². The molecule has 2 aromatic rings. The number of hydrogen-bond donors (Lipinski definition) is 2. The molecule has 0 saturated carbocycles. The lowest BCUT2D eigenvalue weighted by atomic mass is 9.87. The van der Waals surface area contributed by atoms with Gasteiger partial charge in [-0.05, 0) is 36.8 Å². The zero-order chi connectivity index (χ0) is 16.8. The van der Waals surface area contributed by atoms with Crippen LogP contribution in [0, 0.1) is 0 Å². The van der Waals surface area contributed by atoms with E-state index in [2.05, 4.69) is 28.5 Å². The van der Waals surface area contributed by atoms with Crippen LogP contribution in [-0.2, 0) is 13.0 Å². The molecule has 1 heterocycles. The van der Waals surface area contributed by atoms with Crippen LogP contribution in [0.3, 0.4) is 0 Å². The summed E-state index contributed by atoms with van der Waals surface area (Å²) in [4.78, 5) is 18.8. The maximum absolute atomic E-state index is 12.8. The summed E-state index contributed by atoms with van der Waals surface area (Å²) in [6.07, 6.45) is 3.70. The Morgan fingerprint density at radius 2 is 2.29 bits per heavy atom. The van der Waals surface area contributed by atoms with E-state index >= 15 is 0 Å². The topological polar surface area (TPSA) is 65.5 Å². The Morgan fingerprint density at radius 1 is 1.42 bits per heavy atom. The number of carbonyl (C=O) groups excluding carboxylic acids is 1. The van der Waals surface area contributed by atoms with Crippen LogP contribution in [0.15, 0.2) is 35.2 Å². The van der Waals surface area contributed by atoms with E-state index in [1.165, 1.54) is 22.5 Å². The summed E-state index contributed by atoms with van der Waals surface area (Å²) in [5.74, 6) is 0. The number of benzene rings is 1. The van der Waals surface area contributed by atoms with Gasteiger partial charge in [0, 0.05) is 18.5 Å². The van der Waals surface area contributed by atoms with Crippen molar-refractivity contribution in [3.05, 3.63) is 52.0 Å². The van der Waals surface area contributed by atoms with E-state index in [0.717, 1.165) is 25.0 Å². The van der Waals surface area contributed by atoms with Crippen LogP contribution in [0.1, 0.15) is 42.1 Å². The van der Waals surface area contributed by atoms with Gasteiger partial charge in [0.15, 0.2) is 0 Å². The average Bonchev–Trinajstić information content (AvgIpc) is 3.14. The minimum Gasteiger partial charge on any atom is -0.396 e. The molecule has 0 saturated heterocycles. The highest BCUT2D eigenvalue weighted by molar-refractivity contribution is 7.07. The largest absolute Gasteiger partial charge is 0.396 e. The first kappa shape index (κ1) is 16.9. The SMILES string of the molecule is O=C(NCc1cscn1)N(CCCO)C1CCCc2ccccc21. The summed E-state index contributed by atoms with van der Waals surface area (Å²) in [7, 11) is 0. The first-order valence-electron chi connectivity index (χ1n) is 8.40. The number of aliphatic hydroxyl groups is 1. The second-order valence-electron chi connectivity index (χ2n) is 6.02. The maximum atomic E-state index is 12.8. The van der Waals surface area contributed by atoms with Gasteiger partial charge in [-0.3, -0.25) is 0 Å². The molecule has 1 aliphatic rings. The third-order valence-corrected chi connectivity index (χ3v) is 5.07. The second-order valence-corrected chi connectivity index (χ2v) is 6.73. The quantitative estimate of drug-likeness (QED) is 0.845. The molecular weight excluding hydrogens is 322 g/mol. The van der Waals surface area contributed by atoms with Crippen molar-refractivity contribution in [1.82, 2.24) is 15.2 Å². The predicted molar refractivity (Wildman–Crippen MR) is 94.9 cm³/mol. The number of nitrogens with one attached hydrogen (secondary N) is 1. The van der Waals surface area contributed by atoms with Crippen molar-refractivity contribution in [2.75, 3.05) is 13.2 Å². The van der Waals surface area contributed by atoms with Gasteiger partial charge >= 0.3 is 6.03 Å². The molecule has 1 aliphatic carbocycles. The molecule has 5 nitrogen and oxygen atoms in total. The zero-order valence-corrected chi connectivity index (χ0v) is 14.5. The van der Waals surface area contributed by atoms with Gasteiger partial charge in [0.1, 0.15) is 0 Å². The van der Waals surface area contributed by atoms with Crippen LogP contribution in [0.2, 0.25) is 0 Å². The highest BCUT2D eigenvalue weighted by Gasteiger charge is 2.28. The second kappa shape index (κ2) is 8.26. The van der Waals surface area contributed by atoms with E-state index in [0.29, 0.717) is 19.5 Å². The molecule has 3 rings (SSSR count). The van der Waals surface area contributed by atoms with Gasteiger partial charge in [0.05, 0.1) is 23.8 Å². The van der Waals surface area contributed by atoms with Crippen molar-refractivity contribution in [2.45, 2.75) is 38.3 Å². The van der Waals surface area contributed by atoms with E-state index in [1.54, 1.807) is 5.51 Å². The van der Waals surface area contributed by atoms with E-state index in [9.17, 15) is 9.90 Å². The number of rotatable bonds is 6. The normalized spacial score (nSPS) is 16.5. The molecule has 1 unspecified atom stereocenters. The van der Waals surface area contributed by atoms with Gasteiger partial charge in [0.25, 0.3) is 0 Å². The average molecular weight is 345 g/mol. The molecule has 0 radical (unpaired) electrons. The molecule has 0 bridgehead atoms. The Labute approximate surface area is 146 Å². The Bertz CT molecular complexity index is 660. The predicted octanol–water partition coefficient (Wildman–Crippen LogP) is 3.11. The van der Waals surface area contributed by atoms with Crippen molar-refractivity contribution >= 4 is 17.4 Å². The van der Waals surface area contributed by atoms with Crippen molar-refractivity contribution < 1.29 is 9.90 Å². The molecule has 128 valence electrons. The lowest BCUT2D eigenvalue weighted by Crippen LogP contribution is -2.43. The van der Waals surface area contributed by atoms with Crippen molar-refractivity contribution in [1.29, 1.82) is 0 Å². The first-order chi connectivity index (χ1) is 11.8. The number of aliphatic hydroxyl groups excluding tert-OH is 1. The van der Waals surface area contributed by atoms with Crippen LogP contribution in [0.25, 0.3) is 0 Å². The van der Waals surface area contributed by atoms with Crippen LogP contribution >= 0.6 is 11.3 Å². The number of fused-ring (bicyclic) bond motifs is 1. The van der Waals surface area contributed by atoms with Gasteiger partial charge in [-0.2, -0.15) is 0 Å². The summed E-state index contributed by atoms with van der Waals surface area (Å²) >= 11 is 1.52. The Morgan fingerprint density at radius 3 is 3.08 bits per heavy atom. The number of carbonyl (C=O) groups is 1. The molecule has 0 aliphatic heterocycles. The summed E-state index contributed by atoms with van der Waals surface area (Å²) in [5.41, 5.74) is 5.21. The Hall–Kier alpha value is -1.92. The Balaban J connectivity index is 1.75. The molecule has 1 atom stereocenters. The standard InChI is InChI=1S/C18H23N3O2S/c22-10-4-9-21(18(23)19-11-15-12-24-13-20-15)17-8-3-6-14-5-1-2-7-16(14)17/h1-2,5,7,12-13,17,22H,3-4,6,8-11H2,(H,19,23). The van der Waals surface area contributed by atoms with Gasteiger partial charge in [-0.1, -0.05) is 24.3 Å². The third kappa shape index (κ3) is 3.94. The fourth-order valence-electron chi connectivity index (χ4n) is 3.28. The summed E-state index contributed by atoms with van der Waals surface area (Å²) in [6.45, 7) is 1.08. The minimum absolute atomic E-state index is 0.0805. The molecular formula is C18H23N3O2S. The molecule has 0 fully saturated rings. The molecule has 24 heavy (non-hydrogen) atoms. The zero-order valence-electron chi connectivity index (χ0n) is 13.6. The lowest BCUT2D eigenvalue weighted by molar-refractivity contribution is 0.157. The molecule has 2 amide bonds. The number of aromatic nitrogens is 1. The summed E-state index contributed by atoms with van der Waals surface area (Å²) in [5, 5.41) is 14.1. The summed E-state index contributed by atoms with van der Waals surface area (Å²) < 4.78 is 0. The van der Waals surface area contributed by atoms with Gasteiger partial charge in [-0.25, -0.2) is 9.78 Å². The van der Waals surface area contributed by atoms with Crippen LogP contribution in [-0.4, -0.2) is 34.2 Å². The van der Waals surface area contributed by atoms with Gasteiger partial charge in [-0.15, -0.1) is 11.3 Å². The van der Waals surface area contributed by atoms with Crippen molar-refractivity contribution in [3.63, 3.8) is 0 Å². The van der Waals surface area contributed by atoms with Crippen LogP contribution < -0.4 is 5.32 Å². The molecule has 1 aromatic heterocycles. The number of amides is 2. The van der Waals surface area contributed by atoms with Crippen LogP contribution in [0.5, 0.6) is 0 Å². The van der Waals surface area contributed by atoms with Crippen LogP contribution in [0.4, 0.5) is 4.79 Å². The smallest absolute Gasteiger partial charge is 0.318 e. The highest BCUT2D eigenvalue weighted by Crippen LogP contribution is 2.34. The fourth-order valence-corrected chi connectivity index (χ4v) is 3.84.